The van der Waals surface area contributed by atoms with Crippen molar-refractivity contribution in [1.29, 1.82) is 0 Å². The van der Waals surface area contributed by atoms with Gasteiger partial charge in [-0.3, -0.25) is 0 Å². The summed E-state index contributed by atoms with van der Waals surface area (Å²) in [6.45, 7) is 0. The molecule has 0 saturated heterocycles. The minimum Gasteiger partial charge on any atom is -0.508 e. The molecule has 0 aromatic heterocycles. The van der Waals surface area contributed by atoms with Gasteiger partial charge in [0.05, 0.1) is 0 Å². The van der Waals surface area contributed by atoms with Gasteiger partial charge < -0.3 is 10.2 Å². The van der Waals surface area contributed by atoms with Crippen LogP contribution in [0.5, 0.6) is 5.75 Å². The molecule has 12 heavy (non-hydrogen) atoms. The molecule has 1 aromatic rings. The summed E-state index contributed by atoms with van der Waals surface area (Å²) in [5.41, 5.74) is -0.146. The number of aliphatic hydroxyl groups excluding tert-OH is 1. The van der Waals surface area contributed by atoms with E-state index in [0.29, 0.717) is 0 Å². The minimum absolute atomic E-state index is 0.146. The highest BCUT2D eigenvalue weighted by molar-refractivity contribution is 5.33. The van der Waals surface area contributed by atoms with Crippen molar-refractivity contribution in [1.82, 2.24) is 0 Å². The number of phenolic OH excluding ortho intramolecular Hbond substituents is 1. The van der Waals surface area contributed by atoms with Gasteiger partial charge in [0, 0.05) is 5.56 Å². The summed E-state index contributed by atoms with van der Waals surface area (Å²) in [5, 5.41) is 17.9. The Hall–Kier alpha value is -1.16. The normalized spacial score (nSPS) is 13.3. The van der Waals surface area contributed by atoms with Crippen molar-refractivity contribution >= 4 is 0 Å². The molecule has 1 unspecified atom stereocenters. The van der Waals surface area contributed by atoms with Crippen molar-refractivity contribution in [3.8, 4) is 5.75 Å². The zero-order chi connectivity index (χ0) is 9.14. The Bertz CT molecular complexity index is 263. The highest BCUT2D eigenvalue weighted by Gasteiger charge is 2.21. The topological polar surface area (TPSA) is 40.5 Å². The van der Waals surface area contributed by atoms with Gasteiger partial charge in [-0.2, -0.15) is 0 Å². The maximum Gasteiger partial charge on any atom is 0.268 e. The van der Waals surface area contributed by atoms with Crippen LogP contribution in [-0.2, 0) is 0 Å². The van der Waals surface area contributed by atoms with Crippen LogP contribution in [0.25, 0.3) is 0 Å². The highest BCUT2D eigenvalue weighted by Crippen LogP contribution is 2.27. The molecule has 0 bridgehead atoms. The fraction of sp³-hybridized carbons (Fsp3) is 0.250. The molecule has 1 rings (SSSR count). The molecule has 0 saturated carbocycles. The van der Waals surface area contributed by atoms with Gasteiger partial charge in [-0.1, -0.05) is 18.2 Å². The molecule has 4 heteroatoms. The van der Waals surface area contributed by atoms with Gasteiger partial charge in [-0.25, -0.2) is 8.78 Å². The SMILES string of the molecule is Oc1ccccc1C(O)C(F)F. The van der Waals surface area contributed by atoms with E-state index in [1.807, 2.05) is 0 Å². The first-order valence-corrected chi connectivity index (χ1v) is 3.37. The summed E-state index contributed by atoms with van der Waals surface area (Å²) in [6.07, 6.45) is -4.79. The number of aromatic hydroxyl groups is 1. The Kier molecular flexibility index (Phi) is 2.60. The number of hydrogen-bond donors (Lipinski definition) is 2. The number of aliphatic hydroxyl groups is 1. The van der Waals surface area contributed by atoms with E-state index in [0.717, 1.165) is 0 Å². The molecular weight excluding hydrogens is 166 g/mol. The number of rotatable bonds is 2. The lowest BCUT2D eigenvalue weighted by molar-refractivity contribution is -0.00697. The Morgan fingerprint density at radius 2 is 1.75 bits per heavy atom. The number of benzene rings is 1. The standard InChI is InChI=1S/C8H8F2O2/c9-8(10)7(12)5-3-1-2-4-6(5)11/h1-4,7-8,11-12H. The van der Waals surface area contributed by atoms with Crippen molar-refractivity contribution in [3.63, 3.8) is 0 Å². The van der Waals surface area contributed by atoms with Gasteiger partial charge in [0.15, 0.2) is 0 Å². The van der Waals surface area contributed by atoms with Gasteiger partial charge in [0.2, 0.25) is 0 Å². The minimum atomic E-state index is -2.88. The van der Waals surface area contributed by atoms with E-state index in [2.05, 4.69) is 0 Å². The van der Waals surface area contributed by atoms with Crippen LogP contribution in [0.4, 0.5) is 8.78 Å². The predicted molar refractivity (Wildman–Crippen MR) is 39.1 cm³/mol. The van der Waals surface area contributed by atoms with Crippen molar-refractivity contribution < 1.29 is 19.0 Å². The van der Waals surface area contributed by atoms with Gasteiger partial charge >= 0.3 is 0 Å². The van der Waals surface area contributed by atoms with Crippen LogP contribution in [0.1, 0.15) is 11.7 Å². The molecule has 1 atom stereocenters. The van der Waals surface area contributed by atoms with Crippen molar-refractivity contribution in [2.45, 2.75) is 12.5 Å². The van der Waals surface area contributed by atoms with Crippen LogP contribution in [-0.4, -0.2) is 16.6 Å². The fourth-order valence-corrected chi connectivity index (χ4v) is 0.873. The monoisotopic (exact) mass is 174 g/mol. The van der Waals surface area contributed by atoms with Crippen LogP contribution in [0, 0.1) is 0 Å². The van der Waals surface area contributed by atoms with E-state index in [4.69, 9.17) is 10.2 Å². The first kappa shape index (κ1) is 8.93. The summed E-state index contributed by atoms with van der Waals surface area (Å²) in [7, 11) is 0. The van der Waals surface area contributed by atoms with Gasteiger partial charge in [-0.15, -0.1) is 0 Å². The molecule has 1 aromatic carbocycles. The van der Waals surface area contributed by atoms with E-state index in [1.165, 1.54) is 24.3 Å². The smallest absolute Gasteiger partial charge is 0.268 e. The molecule has 0 heterocycles. The second-order valence-electron chi connectivity index (χ2n) is 2.34. The van der Waals surface area contributed by atoms with E-state index >= 15 is 0 Å². The summed E-state index contributed by atoms with van der Waals surface area (Å²) >= 11 is 0. The maximum absolute atomic E-state index is 11.9. The van der Waals surface area contributed by atoms with Crippen molar-refractivity contribution in [3.05, 3.63) is 29.8 Å². The van der Waals surface area contributed by atoms with E-state index in [1.54, 1.807) is 0 Å². The second kappa shape index (κ2) is 3.49. The summed E-state index contributed by atoms with van der Waals surface area (Å²) in [4.78, 5) is 0. The van der Waals surface area contributed by atoms with Gasteiger partial charge in [0.25, 0.3) is 6.43 Å². The molecule has 2 nitrogen and oxygen atoms in total. The molecule has 66 valence electrons. The molecule has 0 aliphatic heterocycles. The molecular formula is C8H8F2O2. The highest BCUT2D eigenvalue weighted by atomic mass is 19.3. The van der Waals surface area contributed by atoms with E-state index < -0.39 is 12.5 Å². The molecule has 0 fully saturated rings. The number of phenols is 1. The zero-order valence-corrected chi connectivity index (χ0v) is 6.11. The Morgan fingerprint density at radius 3 is 2.25 bits per heavy atom. The summed E-state index contributed by atoms with van der Waals surface area (Å²) in [5.74, 6) is -0.315. The predicted octanol–water partition coefficient (Wildman–Crippen LogP) is 1.69. The lowest BCUT2D eigenvalue weighted by atomic mass is 10.1. The molecule has 0 spiro atoms. The molecule has 2 N–H and O–H groups in total. The first-order valence-electron chi connectivity index (χ1n) is 3.37. The van der Waals surface area contributed by atoms with Crippen molar-refractivity contribution in [2.24, 2.45) is 0 Å². The van der Waals surface area contributed by atoms with E-state index in [9.17, 15) is 8.78 Å². The third-order valence-corrected chi connectivity index (χ3v) is 1.49. The molecule has 0 radical (unpaired) electrons. The average molecular weight is 174 g/mol. The van der Waals surface area contributed by atoms with E-state index in [-0.39, 0.29) is 11.3 Å². The zero-order valence-electron chi connectivity index (χ0n) is 6.11. The Morgan fingerprint density at radius 1 is 1.17 bits per heavy atom. The Balaban J connectivity index is 2.94. The average Bonchev–Trinajstić information content (AvgIpc) is 2.04. The number of hydrogen-bond acceptors (Lipinski definition) is 2. The third kappa shape index (κ3) is 1.71. The lowest BCUT2D eigenvalue weighted by Crippen LogP contribution is -2.07. The summed E-state index contributed by atoms with van der Waals surface area (Å²) < 4.78 is 23.9. The van der Waals surface area contributed by atoms with Crippen molar-refractivity contribution in [2.75, 3.05) is 0 Å². The lowest BCUT2D eigenvalue weighted by Gasteiger charge is -2.10. The number of para-hydroxylation sites is 1. The van der Waals surface area contributed by atoms with Crippen LogP contribution in [0.2, 0.25) is 0 Å². The number of halogens is 2. The van der Waals surface area contributed by atoms with Gasteiger partial charge in [-0.05, 0) is 6.07 Å². The van der Waals surface area contributed by atoms with Crippen LogP contribution >= 0.6 is 0 Å². The van der Waals surface area contributed by atoms with Crippen LogP contribution in [0.3, 0.4) is 0 Å². The quantitative estimate of drug-likeness (QED) is 0.716. The molecule has 0 aliphatic rings. The Labute approximate surface area is 68.1 Å². The largest absolute Gasteiger partial charge is 0.508 e. The summed E-state index contributed by atoms with van der Waals surface area (Å²) in [6, 6.07) is 5.48. The number of alkyl halides is 2. The van der Waals surface area contributed by atoms with Crippen LogP contribution < -0.4 is 0 Å². The molecule has 0 amide bonds. The third-order valence-electron chi connectivity index (χ3n) is 1.49. The van der Waals surface area contributed by atoms with Crippen LogP contribution in [0.15, 0.2) is 24.3 Å². The van der Waals surface area contributed by atoms with Gasteiger partial charge in [0.1, 0.15) is 11.9 Å². The molecule has 0 aliphatic carbocycles. The fourth-order valence-electron chi connectivity index (χ4n) is 0.873. The second-order valence-corrected chi connectivity index (χ2v) is 2.34. The first-order chi connectivity index (χ1) is 5.63. The maximum atomic E-state index is 11.9.